The van der Waals surface area contributed by atoms with Crippen molar-refractivity contribution in [3.63, 3.8) is 0 Å². The lowest BCUT2D eigenvalue weighted by molar-refractivity contribution is -0.132. The van der Waals surface area contributed by atoms with Gasteiger partial charge in [-0.05, 0) is 60.6 Å². The van der Waals surface area contributed by atoms with Crippen LogP contribution in [0.3, 0.4) is 0 Å². The van der Waals surface area contributed by atoms with Gasteiger partial charge in [0, 0.05) is 14.1 Å². The molecule has 1 saturated heterocycles. The number of nitrogens with zero attached hydrogens (tertiary/aromatic N) is 2. The fourth-order valence-corrected chi connectivity index (χ4v) is 3.21. The summed E-state index contributed by atoms with van der Waals surface area (Å²) >= 11 is 5.10. The zero-order valence-corrected chi connectivity index (χ0v) is 18.6. The van der Waals surface area contributed by atoms with Gasteiger partial charge in [-0.3, -0.25) is 19.4 Å². The maximum atomic E-state index is 12.5. The second kappa shape index (κ2) is 9.61. The summed E-state index contributed by atoms with van der Waals surface area (Å²) in [5.74, 6) is -0.998. The predicted molar refractivity (Wildman–Crippen MR) is 121 cm³/mol. The highest BCUT2D eigenvalue weighted by atomic mass is 32.1. The van der Waals surface area contributed by atoms with Crippen LogP contribution in [0.25, 0.3) is 6.08 Å². The lowest BCUT2D eigenvalue weighted by Crippen LogP contribution is -2.52. The van der Waals surface area contributed by atoms with Crippen molar-refractivity contribution in [3.8, 4) is 11.5 Å². The Morgan fingerprint density at radius 2 is 1.62 bits per heavy atom. The molecule has 2 aromatic rings. The summed E-state index contributed by atoms with van der Waals surface area (Å²) < 4.78 is 11.5. The van der Waals surface area contributed by atoms with Gasteiger partial charge in [0.1, 0.15) is 12.2 Å². The van der Waals surface area contributed by atoms with Gasteiger partial charge in [-0.25, -0.2) is 4.79 Å². The maximum absolute atomic E-state index is 12.5. The van der Waals surface area contributed by atoms with Crippen LogP contribution >= 0.6 is 12.2 Å². The van der Waals surface area contributed by atoms with Gasteiger partial charge < -0.3 is 14.6 Å². The van der Waals surface area contributed by atoms with E-state index in [1.807, 2.05) is 6.92 Å². The fourth-order valence-electron chi connectivity index (χ4n) is 3.05. The van der Waals surface area contributed by atoms with Crippen LogP contribution in [0.4, 0.5) is 0 Å². The van der Waals surface area contributed by atoms with E-state index in [4.69, 9.17) is 26.8 Å². The number of ether oxygens (including phenoxy) is 2. The third kappa shape index (κ3) is 4.78. The van der Waals surface area contributed by atoms with Gasteiger partial charge in [0.25, 0.3) is 11.8 Å². The van der Waals surface area contributed by atoms with Crippen LogP contribution in [0, 0.1) is 0 Å². The van der Waals surface area contributed by atoms with Crippen molar-refractivity contribution in [3.05, 3.63) is 64.7 Å². The molecule has 0 unspecified atom stereocenters. The Kier molecular flexibility index (Phi) is 6.89. The Bertz CT molecular complexity index is 1080. The van der Waals surface area contributed by atoms with Gasteiger partial charge in [-0.15, -0.1) is 0 Å². The van der Waals surface area contributed by atoms with Gasteiger partial charge in [0.2, 0.25) is 0 Å². The van der Waals surface area contributed by atoms with E-state index in [1.165, 1.54) is 42.1 Å². The highest BCUT2D eigenvalue weighted by Gasteiger charge is 2.35. The molecule has 2 aromatic carbocycles. The monoisotopic (exact) mass is 454 g/mol. The molecule has 0 bridgehead atoms. The second-order valence-electron chi connectivity index (χ2n) is 7.00. The molecule has 0 aliphatic carbocycles. The fraction of sp³-hybridized carbons (Fsp3) is 0.217. The second-order valence-corrected chi connectivity index (χ2v) is 7.36. The quantitative estimate of drug-likeness (QED) is 0.390. The van der Waals surface area contributed by atoms with Gasteiger partial charge in [0.05, 0.1) is 12.2 Å². The topological polar surface area (TPSA) is 96.4 Å². The first-order valence-corrected chi connectivity index (χ1v) is 10.2. The van der Waals surface area contributed by atoms with E-state index < -0.39 is 17.8 Å². The molecule has 1 heterocycles. The molecule has 0 atom stereocenters. The molecular formula is C23H22N2O6S. The molecule has 9 heteroatoms. The Balaban J connectivity index is 1.83. The molecule has 0 spiro atoms. The number of carbonyl (C=O) groups excluding carboxylic acids is 2. The van der Waals surface area contributed by atoms with E-state index in [1.54, 1.807) is 30.3 Å². The third-order valence-electron chi connectivity index (χ3n) is 4.82. The first-order valence-electron chi connectivity index (χ1n) is 9.76. The van der Waals surface area contributed by atoms with Crippen LogP contribution in [-0.2, 0) is 16.2 Å². The summed E-state index contributed by atoms with van der Waals surface area (Å²) in [5, 5.41) is 9.14. The van der Waals surface area contributed by atoms with E-state index in [2.05, 4.69) is 0 Å². The number of amides is 2. The van der Waals surface area contributed by atoms with Crippen molar-refractivity contribution in [2.45, 2.75) is 13.5 Å². The van der Waals surface area contributed by atoms with E-state index in [0.29, 0.717) is 23.7 Å². The molecule has 166 valence electrons. The number of carboxylic acids is 1. The number of thiocarbonyl (C=S) groups is 1. The van der Waals surface area contributed by atoms with Crippen molar-refractivity contribution in [1.82, 2.24) is 9.80 Å². The summed E-state index contributed by atoms with van der Waals surface area (Å²) in [7, 11) is 3.04. The molecule has 3 rings (SSSR count). The number of carboxylic acid groups (broad SMARTS) is 1. The standard InChI is InChI=1S/C23H22N2O6S/c1-4-30-19-12-15(11-17-20(26)24(2)23(32)25(3)21(17)27)7-10-18(19)31-13-14-5-8-16(9-6-14)22(28)29/h5-12H,4,13H2,1-3H3,(H,28,29). The van der Waals surface area contributed by atoms with Crippen LogP contribution in [0.5, 0.6) is 11.5 Å². The molecule has 8 nitrogen and oxygen atoms in total. The van der Waals surface area contributed by atoms with E-state index >= 15 is 0 Å². The first kappa shape index (κ1) is 23.0. The molecule has 0 saturated carbocycles. The van der Waals surface area contributed by atoms with E-state index in [0.717, 1.165) is 5.56 Å². The first-order chi connectivity index (χ1) is 15.2. The summed E-state index contributed by atoms with van der Waals surface area (Å²) in [5.41, 5.74) is 1.59. The number of benzene rings is 2. The molecule has 0 aromatic heterocycles. The van der Waals surface area contributed by atoms with E-state index in [9.17, 15) is 14.4 Å². The van der Waals surface area contributed by atoms with Crippen molar-refractivity contribution in [1.29, 1.82) is 0 Å². The highest BCUT2D eigenvalue weighted by Crippen LogP contribution is 2.31. The number of likely N-dealkylation sites (N-methyl/N-ethyl adjacent to an activating group) is 2. The Hall–Kier alpha value is -3.72. The van der Waals surface area contributed by atoms with Crippen LogP contribution < -0.4 is 9.47 Å². The lowest BCUT2D eigenvalue weighted by Gasteiger charge is -2.31. The molecule has 1 aliphatic heterocycles. The minimum absolute atomic E-state index is 0.00163. The summed E-state index contributed by atoms with van der Waals surface area (Å²) in [6.45, 7) is 2.43. The Morgan fingerprint density at radius 3 is 2.19 bits per heavy atom. The molecule has 1 N–H and O–H groups in total. The number of hydrogen-bond donors (Lipinski definition) is 1. The molecule has 32 heavy (non-hydrogen) atoms. The zero-order valence-electron chi connectivity index (χ0n) is 17.8. The minimum atomic E-state index is -0.991. The Labute approximate surface area is 190 Å². The van der Waals surface area contributed by atoms with E-state index in [-0.39, 0.29) is 22.9 Å². The number of hydrogen-bond acceptors (Lipinski definition) is 6. The van der Waals surface area contributed by atoms with Crippen molar-refractivity contribution < 1.29 is 29.0 Å². The normalized spacial score (nSPS) is 14.0. The third-order valence-corrected chi connectivity index (χ3v) is 5.37. The van der Waals surface area contributed by atoms with Gasteiger partial charge >= 0.3 is 5.97 Å². The van der Waals surface area contributed by atoms with Crippen LogP contribution in [0.2, 0.25) is 0 Å². The van der Waals surface area contributed by atoms with Crippen LogP contribution in [0.1, 0.15) is 28.4 Å². The summed E-state index contributed by atoms with van der Waals surface area (Å²) in [6.07, 6.45) is 1.50. The number of aromatic carboxylic acids is 1. The molecule has 1 fully saturated rings. The SMILES string of the molecule is CCOc1cc(C=C2C(=O)N(C)C(=S)N(C)C2=O)ccc1OCc1ccc(C(=O)O)cc1. The number of carbonyl (C=O) groups is 3. The summed E-state index contributed by atoms with van der Waals surface area (Å²) in [6, 6.07) is 11.5. The summed E-state index contributed by atoms with van der Waals surface area (Å²) in [4.78, 5) is 38.5. The van der Waals surface area contributed by atoms with Crippen molar-refractivity contribution in [2.24, 2.45) is 0 Å². The highest BCUT2D eigenvalue weighted by molar-refractivity contribution is 7.80. The average molecular weight is 455 g/mol. The maximum Gasteiger partial charge on any atom is 0.335 e. The van der Waals surface area contributed by atoms with Crippen LogP contribution in [-0.4, -0.2) is 58.5 Å². The van der Waals surface area contributed by atoms with Gasteiger partial charge in [-0.1, -0.05) is 18.2 Å². The molecular weight excluding hydrogens is 432 g/mol. The lowest BCUT2D eigenvalue weighted by atomic mass is 10.1. The van der Waals surface area contributed by atoms with Gasteiger partial charge in [-0.2, -0.15) is 0 Å². The van der Waals surface area contributed by atoms with Gasteiger partial charge in [0.15, 0.2) is 16.6 Å². The Morgan fingerprint density at radius 1 is 1.00 bits per heavy atom. The smallest absolute Gasteiger partial charge is 0.335 e. The molecule has 2 amide bonds. The average Bonchev–Trinajstić information content (AvgIpc) is 2.79. The largest absolute Gasteiger partial charge is 0.490 e. The predicted octanol–water partition coefficient (Wildman–Crippen LogP) is 2.96. The van der Waals surface area contributed by atoms with Crippen LogP contribution in [0.15, 0.2) is 48.0 Å². The number of rotatable bonds is 7. The van der Waals surface area contributed by atoms with Crippen molar-refractivity contribution >= 4 is 41.2 Å². The zero-order chi connectivity index (χ0) is 23.4. The molecule has 0 radical (unpaired) electrons. The molecule has 1 aliphatic rings. The van der Waals surface area contributed by atoms with Crippen molar-refractivity contribution in [2.75, 3.05) is 20.7 Å². The minimum Gasteiger partial charge on any atom is -0.490 e.